The van der Waals surface area contributed by atoms with Gasteiger partial charge in [0.05, 0.1) is 16.7 Å². The van der Waals surface area contributed by atoms with Crippen LogP contribution in [0.4, 0.5) is 5.82 Å². The number of H-pyrrole nitrogens is 1. The van der Waals surface area contributed by atoms with Crippen molar-refractivity contribution in [3.05, 3.63) is 44.3 Å². The topological polar surface area (TPSA) is 69.2 Å². The van der Waals surface area contributed by atoms with E-state index in [2.05, 4.69) is 28.7 Å². The zero-order valence-corrected chi connectivity index (χ0v) is 17.0. The van der Waals surface area contributed by atoms with E-state index < -0.39 is 0 Å². The Kier molecular flexibility index (Phi) is 7.25. The lowest BCUT2D eigenvalue weighted by atomic mass is 9.83. The highest BCUT2D eigenvalue weighted by molar-refractivity contribution is 7.99. The lowest BCUT2D eigenvalue weighted by molar-refractivity contribution is 0.267. The van der Waals surface area contributed by atoms with Crippen molar-refractivity contribution in [3.63, 3.8) is 0 Å². The van der Waals surface area contributed by atoms with Crippen molar-refractivity contribution >= 4 is 40.8 Å². The number of hydrogen-bond donors (Lipinski definition) is 2. The van der Waals surface area contributed by atoms with Crippen LogP contribution in [-0.4, -0.2) is 28.2 Å². The molecule has 2 heterocycles. The number of nitrogens with one attached hydrogen (secondary N) is 1. The molecule has 0 spiro atoms. The largest absolute Gasteiger partial charge is 0.390 e. The van der Waals surface area contributed by atoms with Crippen LogP contribution in [0.5, 0.6) is 0 Å². The highest BCUT2D eigenvalue weighted by Crippen LogP contribution is 2.36. The second-order valence-corrected chi connectivity index (χ2v) is 8.95. The summed E-state index contributed by atoms with van der Waals surface area (Å²) in [7, 11) is 0. The molecule has 1 saturated heterocycles. The van der Waals surface area contributed by atoms with Gasteiger partial charge in [0.2, 0.25) is 0 Å². The Bertz CT molecular complexity index is 861. The molecular formula is C19H25Cl2N3O2S. The van der Waals surface area contributed by atoms with Crippen molar-refractivity contribution in [2.24, 2.45) is 5.41 Å². The molecule has 2 N–H and O–H groups in total. The third-order valence-corrected chi connectivity index (χ3v) is 6.60. The van der Waals surface area contributed by atoms with E-state index in [4.69, 9.17) is 23.2 Å². The van der Waals surface area contributed by atoms with Gasteiger partial charge in [0, 0.05) is 18.0 Å². The first-order chi connectivity index (χ1) is 12.3. The van der Waals surface area contributed by atoms with Gasteiger partial charge in [-0.2, -0.15) is 0 Å². The molecule has 0 aliphatic carbocycles. The normalized spacial score (nSPS) is 16.1. The Morgan fingerprint density at radius 1 is 1.30 bits per heavy atom. The predicted octanol–water partition coefficient (Wildman–Crippen LogP) is 4.98. The van der Waals surface area contributed by atoms with Crippen LogP contribution in [0.1, 0.15) is 39.8 Å². The molecule has 2 aromatic rings. The molecule has 1 fully saturated rings. The minimum absolute atomic E-state index is 0. The number of benzene rings is 1. The van der Waals surface area contributed by atoms with Crippen molar-refractivity contribution in [2.45, 2.75) is 50.6 Å². The lowest BCUT2D eigenvalue weighted by Crippen LogP contribution is -2.39. The zero-order chi connectivity index (χ0) is 18.9. The molecule has 1 aromatic heterocycles. The fourth-order valence-corrected chi connectivity index (χ4v) is 4.23. The molecule has 0 atom stereocenters. The lowest BCUT2D eigenvalue weighted by Gasteiger charge is -2.38. The average molecular weight is 430 g/mol. The van der Waals surface area contributed by atoms with E-state index in [-0.39, 0.29) is 24.6 Å². The van der Waals surface area contributed by atoms with Gasteiger partial charge in [0.15, 0.2) is 5.03 Å². The van der Waals surface area contributed by atoms with Gasteiger partial charge in [-0.15, -0.1) is 0 Å². The molecule has 8 heteroatoms. The van der Waals surface area contributed by atoms with E-state index in [1.54, 1.807) is 18.2 Å². The van der Waals surface area contributed by atoms with E-state index in [0.29, 0.717) is 31.9 Å². The van der Waals surface area contributed by atoms with Gasteiger partial charge >= 0.3 is 0 Å². The Balaban J connectivity index is 0.00000261. The van der Waals surface area contributed by atoms with Crippen LogP contribution in [0.25, 0.3) is 0 Å². The second kappa shape index (κ2) is 8.86. The summed E-state index contributed by atoms with van der Waals surface area (Å²) >= 11 is 13.4. The maximum absolute atomic E-state index is 12.6. The predicted molar refractivity (Wildman–Crippen MR) is 113 cm³/mol. The third-order valence-electron chi connectivity index (χ3n) is 4.64. The first-order valence-electron chi connectivity index (χ1n) is 8.41. The molecule has 3 rings (SSSR count). The van der Waals surface area contributed by atoms with Crippen molar-refractivity contribution in [1.82, 2.24) is 9.97 Å². The molecule has 27 heavy (non-hydrogen) atoms. The van der Waals surface area contributed by atoms with Gasteiger partial charge < -0.3 is 15.0 Å². The highest BCUT2D eigenvalue weighted by atomic mass is 35.5. The molecule has 0 amide bonds. The number of halogens is 2. The monoisotopic (exact) mass is 429 g/mol. The smallest absolute Gasteiger partial charge is 0.282 e. The molecular weight excluding hydrogens is 405 g/mol. The summed E-state index contributed by atoms with van der Waals surface area (Å²) in [5.41, 5.74) is 0.455. The number of rotatable bonds is 4. The van der Waals surface area contributed by atoms with Crippen LogP contribution >= 0.6 is 35.0 Å². The maximum atomic E-state index is 12.6. The summed E-state index contributed by atoms with van der Waals surface area (Å²) in [5, 5.41) is 10.8. The molecule has 0 bridgehead atoms. The van der Waals surface area contributed by atoms with Gasteiger partial charge in [-0.1, -0.05) is 62.3 Å². The van der Waals surface area contributed by atoms with E-state index in [1.807, 2.05) is 0 Å². The van der Waals surface area contributed by atoms with Crippen molar-refractivity contribution in [2.75, 3.05) is 18.0 Å². The number of piperidine rings is 1. The molecule has 0 radical (unpaired) electrons. The van der Waals surface area contributed by atoms with E-state index in [1.165, 1.54) is 0 Å². The van der Waals surface area contributed by atoms with E-state index >= 15 is 0 Å². The van der Waals surface area contributed by atoms with Crippen LogP contribution in [0.15, 0.2) is 32.9 Å². The molecule has 0 unspecified atom stereocenters. The van der Waals surface area contributed by atoms with Gasteiger partial charge in [-0.05, 0) is 30.4 Å². The third kappa shape index (κ3) is 4.99. The molecule has 1 aromatic carbocycles. The number of anilines is 1. The fraction of sp³-hybridized carbons (Fsp3) is 0.474. The Morgan fingerprint density at radius 2 is 1.96 bits per heavy atom. The van der Waals surface area contributed by atoms with Gasteiger partial charge in [0.1, 0.15) is 11.5 Å². The SMILES string of the molecule is C.CC1(C)CCN(c2[nH]c(=O)c(Sc3cccc(Cl)c3Cl)nc2CO)CC1. The van der Waals surface area contributed by atoms with E-state index in [9.17, 15) is 9.90 Å². The van der Waals surface area contributed by atoms with Gasteiger partial charge in [-0.3, -0.25) is 4.79 Å². The summed E-state index contributed by atoms with van der Waals surface area (Å²) in [6.07, 6.45) is 2.04. The Labute approximate surface area is 174 Å². The first-order valence-corrected chi connectivity index (χ1v) is 9.99. The number of nitrogens with zero attached hydrogens (tertiary/aromatic N) is 2. The Hall–Kier alpha value is -1.21. The summed E-state index contributed by atoms with van der Waals surface area (Å²) in [5.74, 6) is 0.606. The standard InChI is InChI=1S/C18H21Cl2N3O2S.CH4/c1-18(2)6-8-23(9-7-18)15-12(10-24)21-17(16(25)22-15)26-13-5-3-4-11(19)14(13)20;/h3-5,24H,6-10H2,1-2H3,(H,22,25);1H4. The molecule has 1 aliphatic heterocycles. The van der Waals surface area contributed by atoms with Gasteiger partial charge in [0.25, 0.3) is 5.56 Å². The zero-order valence-electron chi connectivity index (χ0n) is 14.7. The second-order valence-electron chi connectivity index (χ2n) is 7.13. The number of aliphatic hydroxyl groups excluding tert-OH is 1. The summed E-state index contributed by atoms with van der Waals surface area (Å²) in [6, 6.07) is 5.23. The summed E-state index contributed by atoms with van der Waals surface area (Å²) in [4.78, 5) is 22.6. The summed E-state index contributed by atoms with van der Waals surface area (Å²) < 4.78 is 0. The number of aliphatic hydroxyl groups is 1. The minimum atomic E-state index is -0.303. The van der Waals surface area contributed by atoms with Gasteiger partial charge in [-0.25, -0.2) is 4.98 Å². The maximum Gasteiger partial charge on any atom is 0.282 e. The van der Waals surface area contributed by atoms with Crippen LogP contribution in [0.3, 0.4) is 0 Å². The average Bonchev–Trinajstić information content (AvgIpc) is 2.60. The van der Waals surface area contributed by atoms with Crippen LogP contribution < -0.4 is 10.5 Å². The Morgan fingerprint density at radius 3 is 2.59 bits per heavy atom. The van der Waals surface area contributed by atoms with Crippen LogP contribution in [-0.2, 0) is 6.61 Å². The van der Waals surface area contributed by atoms with E-state index in [0.717, 1.165) is 37.7 Å². The molecule has 5 nitrogen and oxygen atoms in total. The van der Waals surface area contributed by atoms with Crippen molar-refractivity contribution in [3.8, 4) is 0 Å². The van der Waals surface area contributed by atoms with Crippen LogP contribution in [0.2, 0.25) is 10.0 Å². The number of aromatic nitrogens is 2. The summed E-state index contributed by atoms with van der Waals surface area (Å²) in [6.45, 7) is 5.89. The fourth-order valence-electron chi connectivity index (χ4n) is 2.90. The van der Waals surface area contributed by atoms with Crippen molar-refractivity contribution < 1.29 is 5.11 Å². The van der Waals surface area contributed by atoms with Crippen molar-refractivity contribution in [1.29, 1.82) is 0 Å². The first kappa shape index (κ1) is 22.1. The number of aromatic amines is 1. The quantitative estimate of drug-likeness (QED) is 0.716. The highest BCUT2D eigenvalue weighted by Gasteiger charge is 2.27. The minimum Gasteiger partial charge on any atom is -0.390 e. The number of hydrogen-bond acceptors (Lipinski definition) is 5. The molecule has 0 saturated carbocycles. The van der Waals surface area contributed by atoms with Crippen LogP contribution in [0, 0.1) is 5.41 Å². The molecule has 148 valence electrons. The molecule has 1 aliphatic rings.